The summed E-state index contributed by atoms with van der Waals surface area (Å²) in [5.74, 6) is 1.22. The molecule has 0 radical (unpaired) electrons. The van der Waals surface area contributed by atoms with Gasteiger partial charge >= 0.3 is 0 Å². The number of carbonyl (C=O) groups is 2. The molecule has 0 aliphatic rings. The number of ether oxygens (including phenoxy) is 1. The quantitative estimate of drug-likeness (QED) is 0.599. The largest absolute Gasteiger partial charge is 0.467 e. The van der Waals surface area contributed by atoms with Gasteiger partial charge in [-0.3, -0.25) is 9.59 Å². The van der Waals surface area contributed by atoms with Crippen molar-refractivity contribution >= 4 is 17.5 Å². The van der Waals surface area contributed by atoms with Gasteiger partial charge in [-0.2, -0.15) is 0 Å². The van der Waals surface area contributed by atoms with E-state index in [1.165, 1.54) is 6.26 Å². The zero-order valence-electron chi connectivity index (χ0n) is 15.8. The first-order valence-corrected chi connectivity index (χ1v) is 8.90. The number of para-hydroxylation sites is 1. The first-order chi connectivity index (χ1) is 13.4. The number of hydrogen-bond acceptors (Lipinski definition) is 4. The van der Waals surface area contributed by atoms with E-state index in [0.29, 0.717) is 17.2 Å². The van der Waals surface area contributed by atoms with Gasteiger partial charge in [-0.05, 0) is 62.4 Å². The van der Waals surface area contributed by atoms with E-state index < -0.39 is 11.3 Å². The lowest BCUT2D eigenvalue weighted by Crippen LogP contribution is -2.44. The minimum Gasteiger partial charge on any atom is -0.467 e. The summed E-state index contributed by atoms with van der Waals surface area (Å²) < 4.78 is 10.9. The Labute approximate surface area is 163 Å². The number of anilines is 1. The molecular weight excluding hydrogens is 356 g/mol. The van der Waals surface area contributed by atoms with Crippen LogP contribution in [0.15, 0.2) is 77.4 Å². The van der Waals surface area contributed by atoms with E-state index >= 15 is 0 Å². The van der Waals surface area contributed by atoms with Crippen molar-refractivity contribution in [2.24, 2.45) is 5.41 Å². The molecule has 3 rings (SSSR count). The molecule has 0 aliphatic carbocycles. The number of benzene rings is 2. The second-order valence-electron chi connectivity index (χ2n) is 6.78. The van der Waals surface area contributed by atoms with Gasteiger partial charge in [0.15, 0.2) is 0 Å². The highest BCUT2D eigenvalue weighted by atomic mass is 16.5. The van der Waals surface area contributed by atoms with Gasteiger partial charge in [0.1, 0.15) is 22.7 Å². The normalized spacial score (nSPS) is 10.9. The van der Waals surface area contributed by atoms with Crippen LogP contribution in [0.5, 0.6) is 11.5 Å². The fourth-order valence-electron chi connectivity index (χ4n) is 2.42. The summed E-state index contributed by atoms with van der Waals surface area (Å²) in [6.45, 7) is 3.38. The maximum absolute atomic E-state index is 12.6. The van der Waals surface area contributed by atoms with Gasteiger partial charge < -0.3 is 19.8 Å². The van der Waals surface area contributed by atoms with E-state index in [1.54, 1.807) is 50.2 Å². The number of carbonyl (C=O) groups excluding carboxylic acids is 2. The van der Waals surface area contributed by atoms with Crippen molar-refractivity contribution in [2.75, 3.05) is 5.32 Å². The van der Waals surface area contributed by atoms with Gasteiger partial charge in [0.05, 0.1) is 12.8 Å². The summed E-state index contributed by atoms with van der Waals surface area (Å²) in [6.07, 6.45) is 1.53. The van der Waals surface area contributed by atoms with Crippen molar-refractivity contribution in [1.29, 1.82) is 0 Å². The lowest BCUT2D eigenvalue weighted by atomic mass is 9.91. The molecule has 1 heterocycles. The van der Waals surface area contributed by atoms with Crippen LogP contribution in [0.25, 0.3) is 0 Å². The maximum Gasteiger partial charge on any atom is 0.239 e. The van der Waals surface area contributed by atoms with Crippen LogP contribution in [-0.4, -0.2) is 11.8 Å². The third kappa shape index (κ3) is 4.79. The summed E-state index contributed by atoms with van der Waals surface area (Å²) in [6, 6.07) is 19.9. The highest BCUT2D eigenvalue weighted by Gasteiger charge is 2.36. The topological polar surface area (TPSA) is 80.6 Å². The molecule has 0 fully saturated rings. The lowest BCUT2D eigenvalue weighted by Gasteiger charge is -2.22. The van der Waals surface area contributed by atoms with Crippen LogP contribution in [-0.2, 0) is 16.1 Å². The van der Waals surface area contributed by atoms with Crippen LogP contribution in [0.1, 0.15) is 19.6 Å². The van der Waals surface area contributed by atoms with Crippen LogP contribution in [0.2, 0.25) is 0 Å². The summed E-state index contributed by atoms with van der Waals surface area (Å²) in [4.78, 5) is 25.0. The molecule has 0 aliphatic heterocycles. The van der Waals surface area contributed by atoms with Crippen molar-refractivity contribution in [3.8, 4) is 11.5 Å². The molecule has 2 aromatic carbocycles. The van der Waals surface area contributed by atoms with E-state index in [0.717, 1.165) is 5.75 Å². The zero-order chi connectivity index (χ0) is 20.0. The highest BCUT2D eigenvalue weighted by molar-refractivity contribution is 6.09. The molecule has 0 atom stereocenters. The summed E-state index contributed by atoms with van der Waals surface area (Å²) in [5, 5.41) is 5.48. The van der Waals surface area contributed by atoms with Crippen molar-refractivity contribution in [2.45, 2.75) is 20.4 Å². The molecule has 6 nitrogen and oxygen atoms in total. The van der Waals surface area contributed by atoms with Crippen LogP contribution in [0.3, 0.4) is 0 Å². The fraction of sp³-hybridized carbons (Fsp3) is 0.182. The Kier molecular flexibility index (Phi) is 5.79. The number of nitrogens with one attached hydrogen (secondary N) is 2. The molecule has 6 heteroatoms. The van der Waals surface area contributed by atoms with E-state index in [2.05, 4.69) is 10.6 Å². The monoisotopic (exact) mass is 378 g/mol. The molecule has 2 N–H and O–H groups in total. The predicted molar refractivity (Wildman–Crippen MR) is 106 cm³/mol. The molecule has 0 saturated heterocycles. The first-order valence-electron chi connectivity index (χ1n) is 8.90. The molecule has 1 aromatic heterocycles. The molecule has 0 unspecified atom stereocenters. The molecule has 3 aromatic rings. The average molecular weight is 378 g/mol. The maximum atomic E-state index is 12.6. The smallest absolute Gasteiger partial charge is 0.239 e. The fourth-order valence-corrected chi connectivity index (χ4v) is 2.42. The molecule has 2 amide bonds. The average Bonchev–Trinajstić information content (AvgIpc) is 3.22. The third-order valence-corrected chi connectivity index (χ3v) is 4.23. The molecular formula is C22H22N2O4. The van der Waals surface area contributed by atoms with Crippen LogP contribution < -0.4 is 15.4 Å². The Morgan fingerprint density at radius 2 is 1.57 bits per heavy atom. The molecule has 144 valence electrons. The molecule has 0 bridgehead atoms. The van der Waals surface area contributed by atoms with Crippen LogP contribution in [0.4, 0.5) is 5.69 Å². The molecule has 0 spiro atoms. The minimum atomic E-state index is -1.24. The van der Waals surface area contributed by atoms with Crippen molar-refractivity contribution in [3.05, 3.63) is 78.8 Å². The number of hydrogen-bond donors (Lipinski definition) is 2. The van der Waals surface area contributed by atoms with Crippen LogP contribution in [0, 0.1) is 5.41 Å². The second-order valence-corrected chi connectivity index (χ2v) is 6.78. The summed E-state index contributed by atoms with van der Waals surface area (Å²) in [7, 11) is 0. The van der Waals surface area contributed by atoms with Crippen molar-refractivity contribution in [3.63, 3.8) is 0 Å². The Morgan fingerprint density at radius 1 is 0.893 bits per heavy atom. The van der Waals surface area contributed by atoms with Gasteiger partial charge in [0.25, 0.3) is 0 Å². The SMILES string of the molecule is CC(C)(C(=O)NCc1ccco1)C(=O)Nc1ccc(Oc2ccccc2)cc1. The minimum absolute atomic E-state index is 0.230. The van der Waals surface area contributed by atoms with Gasteiger partial charge in [-0.15, -0.1) is 0 Å². The van der Waals surface area contributed by atoms with E-state index in [-0.39, 0.29) is 12.5 Å². The van der Waals surface area contributed by atoms with Gasteiger partial charge in [-0.1, -0.05) is 18.2 Å². The van der Waals surface area contributed by atoms with Gasteiger partial charge in [-0.25, -0.2) is 0 Å². The molecule has 0 saturated carbocycles. The first kappa shape index (κ1) is 19.2. The predicted octanol–water partition coefficient (Wildman–Crippen LogP) is 4.35. The molecule has 28 heavy (non-hydrogen) atoms. The van der Waals surface area contributed by atoms with E-state index in [4.69, 9.17) is 9.15 Å². The van der Waals surface area contributed by atoms with Crippen molar-refractivity contribution < 1.29 is 18.7 Å². The Morgan fingerprint density at radius 3 is 2.21 bits per heavy atom. The Bertz CT molecular complexity index is 917. The standard InChI is InChI=1S/C22H22N2O4/c1-22(2,20(25)23-15-19-9-6-14-27-19)21(26)24-16-10-12-18(13-11-16)28-17-7-4-3-5-8-17/h3-14H,15H2,1-2H3,(H,23,25)(H,24,26). The van der Waals surface area contributed by atoms with Crippen LogP contribution >= 0.6 is 0 Å². The summed E-state index contributed by atoms with van der Waals surface area (Å²) >= 11 is 0. The van der Waals surface area contributed by atoms with Gasteiger partial charge in [0.2, 0.25) is 11.8 Å². The number of amides is 2. The van der Waals surface area contributed by atoms with E-state index in [9.17, 15) is 9.59 Å². The van der Waals surface area contributed by atoms with E-state index in [1.807, 2.05) is 30.3 Å². The lowest BCUT2D eigenvalue weighted by molar-refractivity contribution is -0.138. The zero-order valence-corrected chi connectivity index (χ0v) is 15.8. The summed E-state index contributed by atoms with van der Waals surface area (Å²) in [5.41, 5.74) is -0.663. The van der Waals surface area contributed by atoms with Gasteiger partial charge in [0, 0.05) is 5.69 Å². The number of rotatable bonds is 7. The van der Waals surface area contributed by atoms with Crippen molar-refractivity contribution in [1.82, 2.24) is 5.32 Å². The third-order valence-electron chi connectivity index (χ3n) is 4.23. The second kappa shape index (κ2) is 8.43. The number of furan rings is 1. The highest BCUT2D eigenvalue weighted by Crippen LogP contribution is 2.24. The Balaban J connectivity index is 1.57. The Hall–Kier alpha value is -3.54.